The smallest absolute Gasteiger partial charge is 0.230 e. The first-order valence-corrected chi connectivity index (χ1v) is 9.65. The standard InChI is InChI=1S/C22H27N3O/c1-17-6-8-19(9-7-17)22(10-11-22)21(26)24-20-5-3-13-25(16-20)15-18-4-2-12-23-14-18/h2,4,6-9,12,14,20H,3,5,10-11,13,15-16H2,1H3,(H,24,26)/t20-/m1/s1. The minimum atomic E-state index is -0.278. The van der Waals surface area contributed by atoms with E-state index in [1.54, 1.807) is 0 Å². The van der Waals surface area contributed by atoms with Gasteiger partial charge in [-0.3, -0.25) is 14.7 Å². The van der Waals surface area contributed by atoms with E-state index >= 15 is 0 Å². The lowest BCUT2D eigenvalue weighted by Crippen LogP contribution is -2.50. The maximum atomic E-state index is 13.0. The van der Waals surface area contributed by atoms with Crippen LogP contribution >= 0.6 is 0 Å². The van der Waals surface area contributed by atoms with Crippen molar-refractivity contribution in [2.75, 3.05) is 13.1 Å². The van der Waals surface area contributed by atoms with Crippen molar-refractivity contribution < 1.29 is 4.79 Å². The van der Waals surface area contributed by atoms with Crippen molar-refractivity contribution in [1.29, 1.82) is 0 Å². The molecule has 0 unspecified atom stereocenters. The van der Waals surface area contributed by atoms with Crippen LogP contribution in [0.1, 0.15) is 42.4 Å². The van der Waals surface area contributed by atoms with Gasteiger partial charge >= 0.3 is 0 Å². The first-order chi connectivity index (χ1) is 12.7. The number of likely N-dealkylation sites (tertiary alicyclic amines) is 1. The maximum absolute atomic E-state index is 13.0. The van der Waals surface area contributed by atoms with Crippen molar-refractivity contribution in [3.05, 3.63) is 65.5 Å². The molecule has 2 fully saturated rings. The predicted octanol–water partition coefficient (Wildman–Crippen LogP) is 3.20. The van der Waals surface area contributed by atoms with Crippen LogP contribution in [0.3, 0.4) is 0 Å². The second kappa shape index (κ2) is 7.20. The second-order valence-corrected chi connectivity index (χ2v) is 7.86. The molecule has 1 aromatic heterocycles. The van der Waals surface area contributed by atoms with Gasteiger partial charge in [0, 0.05) is 31.5 Å². The molecule has 0 bridgehead atoms. The number of pyridine rings is 1. The van der Waals surface area contributed by atoms with Gasteiger partial charge in [0.2, 0.25) is 5.91 Å². The van der Waals surface area contributed by atoms with E-state index in [-0.39, 0.29) is 17.4 Å². The summed E-state index contributed by atoms with van der Waals surface area (Å²) in [7, 11) is 0. The van der Waals surface area contributed by atoms with Crippen molar-refractivity contribution in [2.45, 2.75) is 50.6 Å². The number of carbonyl (C=O) groups excluding carboxylic acids is 1. The van der Waals surface area contributed by atoms with Crippen LogP contribution in [0.25, 0.3) is 0 Å². The Balaban J connectivity index is 1.37. The van der Waals surface area contributed by atoms with Gasteiger partial charge in [0.1, 0.15) is 0 Å². The molecule has 0 radical (unpaired) electrons. The molecule has 2 heterocycles. The fraction of sp³-hybridized carbons (Fsp3) is 0.455. The molecule has 136 valence electrons. The number of amides is 1. The molecule has 1 aliphatic heterocycles. The van der Waals surface area contributed by atoms with Gasteiger partial charge in [-0.1, -0.05) is 35.9 Å². The van der Waals surface area contributed by atoms with E-state index in [9.17, 15) is 4.79 Å². The summed E-state index contributed by atoms with van der Waals surface area (Å²) in [4.78, 5) is 19.6. The molecule has 1 N–H and O–H groups in total. The first kappa shape index (κ1) is 17.2. The third-order valence-corrected chi connectivity index (χ3v) is 5.76. The highest BCUT2D eigenvalue weighted by molar-refractivity contribution is 5.91. The van der Waals surface area contributed by atoms with Crippen molar-refractivity contribution in [1.82, 2.24) is 15.2 Å². The third-order valence-electron chi connectivity index (χ3n) is 5.76. The Kier molecular flexibility index (Phi) is 4.77. The Bertz CT molecular complexity index is 753. The Morgan fingerprint density at radius 2 is 2.08 bits per heavy atom. The summed E-state index contributed by atoms with van der Waals surface area (Å²) in [5.74, 6) is 0.217. The van der Waals surface area contributed by atoms with Crippen LogP contribution in [0.2, 0.25) is 0 Å². The topological polar surface area (TPSA) is 45.2 Å². The minimum absolute atomic E-state index is 0.217. The Morgan fingerprint density at radius 3 is 2.77 bits per heavy atom. The van der Waals surface area contributed by atoms with E-state index in [1.165, 1.54) is 16.7 Å². The average Bonchev–Trinajstić information content (AvgIpc) is 3.45. The van der Waals surface area contributed by atoms with Gasteiger partial charge in [-0.05, 0) is 56.3 Å². The highest BCUT2D eigenvalue weighted by Gasteiger charge is 2.51. The van der Waals surface area contributed by atoms with Gasteiger partial charge in [0.15, 0.2) is 0 Å². The summed E-state index contributed by atoms with van der Waals surface area (Å²) in [6.07, 6.45) is 7.87. The maximum Gasteiger partial charge on any atom is 0.230 e. The van der Waals surface area contributed by atoms with Crippen LogP contribution in [0.4, 0.5) is 0 Å². The van der Waals surface area contributed by atoms with Crippen LogP contribution in [-0.4, -0.2) is 34.9 Å². The number of rotatable bonds is 5. The molecule has 4 nitrogen and oxygen atoms in total. The zero-order valence-corrected chi connectivity index (χ0v) is 15.4. The van der Waals surface area contributed by atoms with Gasteiger partial charge < -0.3 is 5.32 Å². The number of aryl methyl sites for hydroxylation is 1. The number of piperidine rings is 1. The predicted molar refractivity (Wildman–Crippen MR) is 103 cm³/mol. The molecule has 4 heteroatoms. The van der Waals surface area contributed by atoms with Crippen molar-refractivity contribution in [3.63, 3.8) is 0 Å². The van der Waals surface area contributed by atoms with Crippen molar-refractivity contribution >= 4 is 5.91 Å². The second-order valence-electron chi connectivity index (χ2n) is 7.86. The Morgan fingerprint density at radius 1 is 1.27 bits per heavy atom. The van der Waals surface area contributed by atoms with Gasteiger partial charge in [0.25, 0.3) is 0 Å². The fourth-order valence-corrected chi connectivity index (χ4v) is 4.03. The van der Waals surface area contributed by atoms with Gasteiger partial charge in [0.05, 0.1) is 5.41 Å². The highest BCUT2D eigenvalue weighted by Crippen LogP contribution is 2.48. The summed E-state index contributed by atoms with van der Waals surface area (Å²) in [6, 6.07) is 12.8. The Hall–Kier alpha value is -2.20. The normalized spacial score (nSPS) is 22.0. The average molecular weight is 349 g/mol. The van der Waals surface area contributed by atoms with E-state index < -0.39 is 0 Å². The van der Waals surface area contributed by atoms with Crippen LogP contribution in [-0.2, 0) is 16.8 Å². The molecule has 1 saturated carbocycles. The third kappa shape index (κ3) is 3.65. The molecule has 26 heavy (non-hydrogen) atoms. The minimum Gasteiger partial charge on any atom is -0.351 e. The van der Waals surface area contributed by atoms with E-state index in [4.69, 9.17) is 0 Å². The number of benzene rings is 1. The van der Waals surface area contributed by atoms with Crippen LogP contribution in [0, 0.1) is 6.92 Å². The molecule has 4 rings (SSSR count). The Labute approximate surface area is 155 Å². The first-order valence-electron chi connectivity index (χ1n) is 9.65. The van der Waals surface area contributed by atoms with E-state index in [0.29, 0.717) is 0 Å². The molecular formula is C22H27N3O. The zero-order chi connectivity index (χ0) is 18.0. The summed E-state index contributed by atoms with van der Waals surface area (Å²) >= 11 is 0. The summed E-state index contributed by atoms with van der Waals surface area (Å²) in [6.45, 7) is 5.00. The van der Waals surface area contributed by atoms with Crippen LogP contribution in [0.15, 0.2) is 48.8 Å². The number of nitrogens with one attached hydrogen (secondary N) is 1. The number of aromatic nitrogens is 1. The molecular weight excluding hydrogens is 322 g/mol. The van der Waals surface area contributed by atoms with Gasteiger partial charge in [-0.15, -0.1) is 0 Å². The molecule has 1 aromatic carbocycles. The largest absolute Gasteiger partial charge is 0.351 e. The van der Waals surface area contributed by atoms with Crippen molar-refractivity contribution in [3.8, 4) is 0 Å². The summed E-state index contributed by atoms with van der Waals surface area (Å²) in [5.41, 5.74) is 3.36. The lowest BCUT2D eigenvalue weighted by Gasteiger charge is -2.34. The van der Waals surface area contributed by atoms with E-state index in [0.717, 1.165) is 45.3 Å². The molecule has 0 spiro atoms. The fourth-order valence-electron chi connectivity index (χ4n) is 4.03. The monoisotopic (exact) mass is 349 g/mol. The van der Waals surface area contributed by atoms with Crippen molar-refractivity contribution in [2.24, 2.45) is 0 Å². The lowest BCUT2D eigenvalue weighted by molar-refractivity contribution is -0.124. The number of hydrogen-bond donors (Lipinski definition) is 1. The summed E-state index contributed by atoms with van der Waals surface area (Å²) < 4.78 is 0. The number of hydrogen-bond acceptors (Lipinski definition) is 3. The quantitative estimate of drug-likeness (QED) is 0.902. The highest BCUT2D eigenvalue weighted by atomic mass is 16.2. The number of carbonyl (C=O) groups is 1. The van der Waals surface area contributed by atoms with Crippen LogP contribution < -0.4 is 5.32 Å². The molecule has 2 aromatic rings. The van der Waals surface area contributed by atoms with E-state index in [1.807, 2.05) is 18.5 Å². The number of nitrogens with zero attached hydrogens (tertiary/aromatic N) is 2. The zero-order valence-electron chi connectivity index (χ0n) is 15.4. The molecule has 2 aliphatic rings. The van der Waals surface area contributed by atoms with Gasteiger partial charge in [-0.2, -0.15) is 0 Å². The summed E-state index contributed by atoms with van der Waals surface area (Å²) in [5, 5.41) is 3.35. The lowest BCUT2D eigenvalue weighted by atomic mass is 9.93. The van der Waals surface area contributed by atoms with Crippen LogP contribution in [0.5, 0.6) is 0 Å². The SMILES string of the molecule is Cc1ccc(C2(C(=O)N[C@@H]3CCCN(Cc4cccnc4)C3)CC2)cc1. The molecule has 1 saturated heterocycles. The van der Waals surface area contributed by atoms with Gasteiger partial charge in [-0.25, -0.2) is 0 Å². The molecule has 1 aliphatic carbocycles. The van der Waals surface area contributed by atoms with E-state index in [2.05, 4.69) is 52.5 Å². The molecule has 1 amide bonds. The molecule has 1 atom stereocenters.